The molecule has 0 saturated carbocycles. The van der Waals surface area contributed by atoms with E-state index in [9.17, 15) is 11.0 Å². The van der Waals surface area contributed by atoms with Crippen molar-refractivity contribution in [2.75, 3.05) is 10.6 Å². The third-order valence-corrected chi connectivity index (χ3v) is 7.10. The Kier molecular flexibility index (Phi) is 7.53. The monoisotopic (exact) mass is 568 g/mol. The van der Waals surface area contributed by atoms with Crippen molar-refractivity contribution in [1.29, 1.82) is 5.26 Å². The minimum atomic E-state index is -1.65. The zero-order chi connectivity index (χ0) is 30.1. The predicted molar refractivity (Wildman–Crippen MR) is 161 cm³/mol. The molecule has 2 heterocycles. The average Bonchev–Trinajstić information content (AvgIpc) is 3.49. The van der Waals surface area contributed by atoms with Gasteiger partial charge < -0.3 is 10.6 Å². The van der Waals surface area contributed by atoms with Crippen molar-refractivity contribution >= 4 is 33.9 Å². The largest absolute Gasteiger partial charge is 0.377 e. The molecule has 0 aliphatic heterocycles. The number of aromatic nitrogens is 4. The fourth-order valence-corrected chi connectivity index (χ4v) is 4.87. The standard InChI is InChI=1S/C32H31ClFN7/c1-5-27(20-9-7-6-8-10-20)38-29-22(17-35)18-36-31-25(29)15-24(16-26(31)33)37-30(21-11-13-23(34)14-12-21)28-19-41(40-39-28)32(2,3)4/h6-16,18-19,27,30,37H,5H2,1-4H3,(H,36,38)/t27-,30-/m1/s1/i30D. The molecule has 0 aliphatic rings. The van der Waals surface area contributed by atoms with Crippen LogP contribution in [0, 0.1) is 17.1 Å². The highest BCUT2D eigenvalue weighted by molar-refractivity contribution is 6.35. The SMILES string of the molecule is [2H][C@@](Nc1cc(Cl)c2ncc(C#N)c(N[C@H](CC)c3ccccc3)c2c1)(c1ccc(F)cc1)c1cn(C(C)(C)C)nn1. The molecule has 0 amide bonds. The van der Waals surface area contributed by atoms with Crippen LogP contribution in [0.15, 0.2) is 79.1 Å². The van der Waals surface area contributed by atoms with Gasteiger partial charge in [0.25, 0.3) is 0 Å². The zero-order valence-corrected chi connectivity index (χ0v) is 24.0. The predicted octanol–water partition coefficient (Wildman–Crippen LogP) is 8.01. The number of hydrogen-bond donors (Lipinski definition) is 2. The maximum atomic E-state index is 13.9. The molecule has 2 aromatic heterocycles. The van der Waals surface area contributed by atoms with Gasteiger partial charge in [-0.2, -0.15) is 5.26 Å². The summed E-state index contributed by atoms with van der Waals surface area (Å²) in [6, 6.07) is 19.7. The molecule has 0 bridgehead atoms. The van der Waals surface area contributed by atoms with Gasteiger partial charge in [0.2, 0.25) is 0 Å². The van der Waals surface area contributed by atoms with E-state index < -0.39 is 11.8 Å². The molecule has 3 aromatic carbocycles. The van der Waals surface area contributed by atoms with E-state index in [2.05, 4.69) is 38.9 Å². The summed E-state index contributed by atoms with van der Waals surface area (Å²) in [6.45, 7) is 8.03. The third kappa shape index (κ3) is 6.01. The number of hydrogen-bond acceptors (Lipinski definition) is 6. The number of anilines is 2. The van der Waals surface area contributed by atoms with Crippen molar-refractivity contribution < 1.29 is 5.76 Å². The van der Waals surface area contributed by atoms with Crippen LogP contribution < -0.4 is 10.6 Å². The summed E-state index contributed by atoms with van der Waals surface area (Å²) in [4.78, 5) is 4.48. The average molecular weight is 569 g/mol. The van der Waals surface area contributed by atoms with Crippen molar-refractivity contribution in [3.63, 3.8) is 0 Å². The molecule has 41 heavy (non-hydrogen) atoms. The van der Waals surface area contributed by atoms with Crippen molar-refractivity contribution in [2.24, 2.45) is 0 Å². The number of halogens is 2. The Morgan fingerprint density at radius 1 is 1.07 bits per heavy atom. The van der Waals surface area contributed by atoms with Crippen LogP contribution >= 0.6 is 11.6 Å². The topological polar surface area (TPSA) is 91.5 Å². The fourth-order valence-electron chi connectivity index (χ4n) is 4.60. The van der Waals surface area contributed by atoms with Gasteiger partial charge in [0, 0.05) is 17.3 Å². The highest BCUT2D eigenvalue weighted by Crippen LogP contribution is 2.37. The van der Waals surface area contributed by atoms with Gasteiger partial charge >= 0.3 is 0 Å². The third-order valence-electron chi connectivity index (χ3n) is 6.81. The van der Waals surface area contributed by atoms with Crippen molar-refractivity contribution in [3.8, 4) is 6.07 Å². The first kappa shape index (κ1) is 26.7. The lowest BCUT2D eigenvalue weighted by atomic mass is 10.0. The summed E-state index contributed by atoms with van der Waals surface area (Å²) in [6.07, 6.45) is 3.99. The fraction of sp³-hybridized carbons (Fsp3) is 0.250. The first-order valence-electron chi connectivity index (χ1n) is 13.8. The van der Waals surface area contributed by atoms with Gasteiger partial charge in [-0.1, -0.05) is 66.2 Å². The second kappa shape index (κ2) is 11.6. The number of nitrogens with one attached hydrogen (secondary N) is 2. The molecule has 2 atom stereocenters. The quantitative estimate of drug-likeness (QED) is 0.197. The maximum Gasteiger partial charge on any atom is 0.123 e. The molecule has 0 aliphatic carbocycles. The van der Waals surface area contributed by atoms with E-state index in [1.807, 2.05) is 57.2 Å². The number of rotatable bonds is 8. The molecule has 5 aromatic rings. The molecule has 9 heteroatoms. The first-order valence-corrected chi connectivity index (χ1v) is 13.7. The molecule has 208 valence electrons. The Hall–Kier alpha value is -4.48. The number of benzene rings is 3. The summed E-state index contributed by atoms with van der Waals surface area (Å²) in [5.74, 6) is -0.414. The first-order chi connectivity index (χ1) is 20.0. The molecule has 0 radical (unpaired) electrons. The molecular formula is C32H31ClFN7. The van der Waals surface area contributed by atoms with Crippen LogP contribution in [0.25, 0.3) is 10.9 Å². The molecule has 2 N–H and O–H groups in total. The summed E-state index contributed by atoms with van der Waals surface area (Å²) >= 11 is 6.77. The van der Waals surface area contributed by atoms with Crippen LogP contribution in [0.5, 0.6) is 0 Å². The van der Waals surface area contributed by atoms with E-state index in [-0.39, 0.29) is 11.6 Å². The molecule has 7 nitrogen and oxygen atoms in total. The lowest BCUT2D eigenvalue weighted by Gasteiger charge is -2.23. The Balaban J connectivity index is 1.64. The van der Waals surface area contributed by atoms with Crippen LogP contribution in [-0.4, -0.2) is 20.0 Å². The number of pyridine rings is 1. The van der Waals surface area contributed by atoms with E-state index in [1.165, 1.54) is 18.3 Å². The molecular weight excluding hydrogens is 537 g/mol. The Labute approximate surface area is 245 Å². The smallest absolute Gasteiger partial charge is 0.123 e. The van der Waals surface area contributed by atoms with E-state index in [0.717, 1.165) is 12.0 Å². The van der Waals surface area contributed by atoms with E-state index in [4.69, 9.17) is 11.6 Å². The lowest BCUT2D eigenvalue weighted by Crippen LogP contribution is -2.22. The number of nitriles is 1. The number of fused-ring (bicyclic) bond motifs is 1. The minimum absolute atomic E-state index is 0.0683. The normalized spacial score (nSPS) is 14.1. The van der Waals surface area contributed by atoms with E-state index >= 15 is 0 Å². The highest BCUT2D eigenvalue weighted by atomic mass is 35.5. The van der Waals surface area contributed by atoms with Gasteiger partial charge in [0.1, 0.15) is 17.6 Å². The van der Waals surface area contributed by atoms with E-state index in [1.54, 1.807) is 29.1 Å². The second-order valence-corrected chi connectivity index (χ2v) is 11.2. The van der Waals surface area contributed by atoms with Crippen LogP contribution in [0.1, 0.15) is 69.9 Å². The number of nitrogens with zero attached hydrogens (tertiary/aromatic N) is 5. The molecule has 0 spiro atoms. The van der Waals surface area contributed by atoms with Gasteiger partial charge in [-0.05, 0) is 62.6 Å². The van der Waals surface area contributed by atoms with Gasteiger partial charge in [-0.25, -0.2) is 9.07 Å². The zero-order valence-electron chi connectivity index (χ0n) is 24.3. The van der Waals surface area contributed by atoms with Crippen molar-refractivity contribution in [3.05, 3.63) is 112 Å². The maximum absolute atomic E-state index is 13.9. The van der Waals surface area contributed by atoms with Gasteiger partial charge in [-0.15, -0.1) is 5.10 Å². The molecule has 5 rings (SSSR count). The summed E-state index contributed by atoms with van der Waals surface area (Å²) in [5.41, 5.74) is 3.46. The molecule has 0 unspecified atom stereocenters. The van der Waals surface area contributed by atoms with Crippen LogP contribution in [0.3, 0.4) is 0 Å². The Morgan fingerprint density at radius 2 is 1.80 bits per heavy atom. The van der Waals surface area contributed by atoms with Gasteiger partial charge in [0.15, 0.2) is 0 Å². The van der Waals surface area contributed by atoms with Gasteiger partial charge in [0.05, 0.1) is 47.0 Å². The van der Waals surface area contributed by atoms with Gasteiger partial charge in [-0.3, -0.25) is 4.98 Å². The lowest BCUT2D eigenvalue weighted by molar-refractivity contribution is 0.347. The summed E-state index contributed by atoms with van der Waals surface area (Å²) in [7, 11) is 0. The van der Waals surface area contributed by atoms with E-state index in [0.29, 0.717) is 44.1 Å². The Morgan fingerprint density at radius 3 is 2.44 bits per heavy atom. The molecule has 0 saturated heterocycles. The highest BCUT2D eigenvalue weighted by Gasteiger charge is 2.23. The Bertz CT molecular complexity index is 1760. The van der Waals surface area contributed by atoms with Crippen LogP contribution in [0.4, 0.5) is 15.8 Å². The summed E-state index contributed by atoms with van der Waals surface area (Å²) < 4.78 is 25.2. The van der Waals surface area contributed by atoms with Crippen LogP contribution in [-0.2, 0) is 5.54 Å². The molecule has 0 fully saturated rings. The summed E-state index contributed by atoms with van der Waals surface area (Å²) in [5, 5.41) is 26.4. The van der Waals surface area contributed by atoms with Crippen molar-refractivity contribution in [2.45, 2.75) is 51.7 Å². The minimum Gasteiger partial charge on any atom is -0.377 e. The second-order valence-electron chi connectivity index (χ2n) is 10.8. The van der Waals surface area contributed by atoms with Crippen LogP contribution in [0.2, 0.25) is 5.02 Å². The van der Waals surface area contributed by atoms with Crippen molar-refractivity contribution in [1.82, 2.24) is 20.0 Å².